The van der Waals surface area contributed by atoms with Crippen molar-refractivity contribution in [3.63, 3.8) is 0 Å². The van der Waals surface area contributed by atoms with Crippen molar-refractivity contribution < 1.29 is 9.84 Å². The van der Waals surface area contributed by atoms with Gasteiger partial charge in [0.25, 0.3) is 0 Å². The molecule has 2 rings (SSSR count). The maximum absolute atomic E-state index is 9.83. The van der Waals surface area contributed by atoms with E-state index in [0.29, 0.717) is 0 Å². The first-order valence-electron chi connectivity index (χ1n) is 6.09. The van der Waals surface area contributed by atoms with E-state index >= 15 is 0 Å². The van der Waals surface area contributed by atoms with Gasteiger partial charge in [-0.1, -0.05) is 12.5 Å². The predicted molar refractivity (Wildman–Crippen MR) is 64.8 cm³/mol. The fraction of sp³-hybridized carbons (Fsp3) is 0.571. The van der Waals surface area contributed by atoms with Gasteiger partial charge in [0.05, 0.1) is 6.10 Å². The normalized spacial score (nSPS) is 25.4. The van der Waals surface area contributed by atoms with Gasteiger partial charge in [-0.25, -0.2) is 0 Å². The fourth-order valence-corrected chi connectivity index (χ4v) is 2.18. The van der Waals surface area contributed by atoms with Crippen molar-refractivity contribution in [2.45, 2.75) is 51.7 Å². The zero-order valence-corrected chi connectivity index (χ0v) is 10.1. The van der Waals surface area contributed by atoms with E-state index in [1.807, 2.05) is 6.07 Å². The summed E-state index contributed by atoms with van der Waals surface area (Å²) in [6.45, 7) is 4.17. The van der Waals surface area contributed by atoms with Crippen LogP contribution in [-0.2, 0) is 0 Å². The molecule has 0 aromatic heterocycles. The Morgan fingerprint density at radius 3 is 2.56 bits per heavy atom. The maximum atomic E-state index is 9.83. The molecule has 2 nitrogen and oxygen atoms in total. The van der Waals surface area contributed by atoms with Gasteiger partial charge in [-0.3, -0.25) is 0 Å². The Morgan fingerprint density at radius 2 is 1.88 bits per heavy atom. The van der Waals surface area contributed by atoms with Crippen LogP contribution in [0, 0.1) is 13.8 Å². The molecule has 0 saturated heterocycles. The van der Waals surface area contributed by atoms with Crippen LogP contribution in [0.4, 0.5) is 0 Å². The Balaban J connectivity index is 2.05. The highest BCUT2D eigenvalue weighted by atomic mass is 16.5. The van der Waals surface area contributed by atoms with Crippen molar-refractivity contribution >= 4 is 0 Å². The first-order chi connectivity index (χ1) is 7.66. The molecule has 1 aliphatic carbocycles. The highest BCUT2D eigenvalue weighted by Crippen LogP contribution is 2.25. The van der Waals surface area contributed by atoms with Crippen LogP contribution >= 0.6 is 0 Å². The lowest BCUT2D eigenvalue weighted by atomic mass is 9.95. The quantitative estimate of drug-likeness (QED) is 0.830. The van der Waals surface area contributed by atoms with Crippen molar-refractivity contribution in [1.82, 2.24) is 0 Å². The van der Waals surface area contributed by atoms with Crippen LogP contribution in [0.25, 0.3) is 0 Å². The molecule has 1 aromatic rings. The molecule has 88 valence electrons. The molecule has 1 fully saturated rings. The van der Waals surface area contributed by atoms with Crippen LogP contribution in [0.3, 0.4) is 0 Å². The van der Waals surface area contributed by atoms with Gasteiger partial charge < -0.3 is 9.84 Å². The molecule has 1 N–H and O–H groups in total. The van der Waals surface area contributed by atoms with Crippen LogP contribution in [0.15, 0.2) is 18.2 Å². The molecule has 0 aliphatic heterocycles. The van der Waals surface area contributed by atoms with Gasteiger partial charge in [-0.15, -0.1) is 0 Å². The third kappa shape index (κ3) is 2.56. The number of ether oxygens (including phenoxy) is 1. The molecule has 0 bridgehead atoms. The number of benzene rings is 1. The molecule has 0 spiro atoms. The van der Waals surface area contributed by atoms with E-state index in [0.717, 1.165) is 31.4 Å². The number of hydrogen-bond donors (Lipinski definition) is 1. The largest absolute Gasteiger partial charge is 0.488 e. The van der Waals surface area contributed by atoms with Crippen molar-refractivity contribution in [2.24, 2.45) is 0 Å². The van der Waals surface area contributed by atoms with Gasteiger partial charge in [-0.2, -0.15) is 0 Å². The monoisotopic (exact) mass is 220 g/mol. The molecule has 16 heavy (non-hydrogen) atoms. The van der Waals surface area contributed by atoms with Crippen molar-refractivity contribution in [1.29, 1.82) is 0 Å². The van der Waals surface area contributed by atoms with Gasteiger partial charge in [0.1, 0.15) is 11.9 Å². The molecular weight excluding hydrogens is 200 g/mol. The Bertz CT molecular complexity index is 360. The summed E-state index contributed by atoms with van der Waals surface area (Å²) in [5.74, 6) is 0.883. The van der Waals surface area contributed by atoms with Gasteiger partial charge in [0, 0.05) is 0 Å². The predicted octanol–water partition coefficient (Wildman–Crippen LogP) is 2.99. The summed E-state index contributed by atoms with van der Waals surface area (Å²) >= 11 is 0. The second-order valence-corrected chi connectivity index (χ2v) is 4.75. The summed E-state index contributed by atoms with van der Waals surface area (Å²) in [6, 6.07) is 6.11. The average Bonchev–Trinajstić information content (AvgIpc) is 2.27. The molecule has 2 heteroatoms. The van der Waals surface area contributed by atoms with Crippen molar-refractivity contribution in [3.8, 4) is 5.75 Å². The second kappa shape index (κ2) is 4.88. The molecule has 0 amide bonds. The van der Waals surface area contributed by atoms with E-state index in [9.17, 15) is 5.11 Å². The van der Waals surface area contributed by atoms with Crippen LogP contribution in [0.1, 0.15) is 36.8 Å². The lowest BCUT2D eigenvalue weighted by Crippen LogP contribution is -2.34. The molecule has 0 heterocycles. The molecule has 1 aromatic carbocycles. The van der Waals surface area contributed by atoms with Crippen LogP contribution in [-0.4, -0.2) is 17.3 Å². The summed E-state index contributed by atoms with van der Waals surface area (Å²) in [5, 5.41) is 9.83. The highest BCUT2D eigenvalue weighted by Gasteiger charge is 2.24. The van der Waals surface area contributed by atoms with Crippen molar-refractivity contribution in [2.75, 3.05) is 0 Å². The summed E-state index contributed by atoms with van der Waals surface area (Å²) in [6.07, 6.45) is 3.80. The number of rotatable bonds is 2. The summed E-state index contributed by atoms with van der Waals surface area (Å²) in [4.78, 5) is 0. The van der Waals surface area contributed by atoms with E-state index in [1.165, 1.54) is 11.1 Å². The van der Waals surface area contributed by atoms with E-state index in [2.05, 4.69) is 26.0 Å². The molecule has 1 aliphatic rings. The Hall–Kier alpha value is -1.02. The molecule has 1 saturated carbocycles. The minimum Gasteiger partial charge on any atom is -0.488 e. The second-order valence-electron chi connectivity index (χ2n) is 4.75. The Kier molecular flexibility index (Phi) is 3.49. The average molecular weight is 220 g/mol. The minimum atomic E-state index is -0.296. The molecule has 0 radical (unpaired) electrons. The van der Waals surface area contributed by atoms with E-state index in [4.69, 9.17) is 4.74 Å². The van der Waals surface area contributed by atoms with Crippen LogP contribution < -0.4 is 4.74 Å². The maximum Gasteiger partial charge on any atom is 0.124 e. The summed E-state index contributed by atoms with van der Waals surface area (Å²) < 4.78 is 5.85. The SMILES string of the molecule is Cc1ccc(OC2CCCCC2O)cc1C. The van der Waals surface area contributed by atoms with Crippen LogP contribution in [0.2, 0.25) is 0 Å². The van der Waals surface area contributed by atoms with E-state index in [1.54, 1.807) is 0 Å². The smallest absolute Gasteiger partial charge is 0.124 e. The third-order valence-electron chi connectivity index (χ3n) is 3.43. The van der Waals surface area contributed by atoms with Gasteiger partial charge in [0.2, 0.25) is 0 Å². The first kappa shape index (κ1) is 11.5. The summed E-state index contributed by atoms with van der Waals surface area (Å²) in [7, 11) is 0. The minimum absolute atomic E-state index is 0.0177. The Labute approximate surface area is 97.3 Å². The van der Waals surface area contributed by atoms with Gasteiger partial charge in [0.15, 0.2) is 0 Å². The molecule has 2 unspecified atom stereocenters. The van der Waals surface area contributed by atoms with Gasteiger partial charge in [-0.05, 0) is 56.4 Å². The number of hydrogen-bond acceptors (Lipinski definition) is 2. The van der Waals surface area contributed by atoms with Gasteiger partial charge >= 0.3 is 0 Å². The zero-order chi connectivity index (χ0) is 11.5. The van der Waals surface area contributed by atoms with E-state index < -0.39 is 0 Å². The number of aliphatic hydroxyl groups is 1. The highest BCUT2D eigenvalue weighted by molar-refractivity contribution is 5.34. The topological polar surface area (TPSA) is 29.5 Å². The summed E-state index contributed by atoms with van der Waals surface area (Å²) in [5.41, 5.74) is 2.51. The standard InChI is InChI=1S/C14H20O2/c1-10-7-8-12(9-11(10)2)16-14-6-4-3-5-13(14)15/h7-9,13-15H,3-6H2,1-2H3. The Morgan fingerprint density at radius 1 is 1.12 bits per heavy atom. The molecular formula is C14H20O2. The van der Waals surface area contributed by atoms with E-state index in [-0.39, 0.29) is 12.2 Å². The van der Waals surface area contributed by atoms with Crippen molar-refractivity contribution in [3.05, 3.63) is 29.3 Å². The molecule has 2 atom stereocenters. The first-order valence-corrected chi connectivity index (χ1v) is 6.09. The number of aryl methyl sites for hydroxylation is 2. The number of aliphatic hydroxyl groups excluding tert-OH is 1. The lowest BCUT2D eigenvalue weighted by Gasteiger charge is -2.28. The lowest BCUT2D eigenvalue weighted by molar-refractivity contribution is 0.00684. The van der Waals surface area contributed by atoms with Crippen LogP contribution in [0.5, 0.6) is 5.75 Å². The zero-order valence-electron chi connectivity index (χ0n) is 10.1. The fourth-order valence-electron chi connectivity index (χ4n) is 2.18. The third-order valence-corrected chi connectivity index (χ3v) is 3.43.